The van der Waals surface area contributed by atoms with Gasteiger partial charge in [0.05, 0.1) is 0 Å². The van der Waals surface area contributed by atoms with Gasteiger partial charge in [0.25, 0.3) is 5.91 Å². The number of alkyl carbamates (subject to hydrolysis) is 1. The Morgan fingerprint density at radius 2 is 1.61 bits per heavy atom. The lowest BCUT2D eigenvalue weighted by Gasteiger charge is -2.35. The van der Waals surface area contributed by atoms with Crippen molar-refractivity contribution in [2.24, 2.45) is 5.92 Å². The van der Waals surface area contributed by atoms with E-state index in [9.17, 15) is 14.4 Å². The highest BCUT2D eigenvalue weighted by Crippen LogP contribution is 2.29. The SMILES string of the molecule is CCCN(C(=O)C(CC(C)C)NC(=O)OC(C)(C)C)C(C(=O)Nc1ccc2ccccc2c1)c1ccc(C)cc1C. The van der Waals surface area contributed by atoms with Gasteiger partial charge in [0, 0.05) is 12.2 Å². The van der Waals surface area contributed by atoms with E-state index in [2.05, 4.69) is 10.6 Å². The van der Waals surface area contributed by atoms with Crippen LogP contribution in [0.1, 0.15) is 77.1 Å². The molecule has 0 aromatic heterocycles. The molecule has 3 rings (SSSR count). The van der Waals surface area contributed by atoms with Crippen molar-refractivity contribution >= 4 is 34.4 Å². The van der Waals surface area contributed by atoms with E-state index in [0.717, 1.165) is 27.5 Å². The molecule has 41 heavy (non-hydrogen) atoms. The predicted octanol–water partition coefficient (Wildman–Crippen LogP) is 7.31. The third kappa shape index (κ3) is 8.81. The van der Waals surface area contributed by atoms with E-state index in [1.165, 1.54) is 0 Å². The van der Waals surface area contributed by atoms with Crippen LogP contribution in [0, 0.1) is 19.8 Å². The summed E-state index contributed by atoms with van der Waals surface area (Å²) in [5.74, 6) is -0.506. The van der Waals surface area contributed by atoms with E-state index in [4.69, 9.17) is 4.74 Å². The van der Waals surface area contributed by atoms with Crippen molar-refractivity contribution in [1.82, 2.24) is 10.2 Å². The topological polar surface area (TPSA) is 87.7 Å². The number of carbonyl (C=O) groups is 3. The van der Waals surface area contributed by atoms with Gasteiger partial charge in [-0.05, 0) is 87.4 Å². The molecule has 0 saturated carbocycles. The fourth-order valence-corrected chi connectivity index (χ4v) is 5.01. The van der Waals surface area contributed by atoms with Crippen molar-refractivity contribution in [3.05, 3.63) is 77.4 Å². The zero-order chi connectivity index (χ0) is 30.3. The van der Waals surface area contributed by atoms with Crippen molar-refractivity contribution in [2.45, 2.75) is 85.9 Å². The summed E-state index contributed by atoms with van der Waals surface area (Å²) < 4.78 is 5.48. The maximum Gasteiger partial charge on any atom is 0.408 e. The lowest BCUT2D eigenvalue weighted by Crippen LogP contribution is -2.53. The van der Waals surface area contributed by atoms with Gasteiger partial charge in [0.2, 0.25) is 5.91 Å². The molecule has 2 unspecified atom stereocenters. The molecule has 0 bridgehead atoms. The number of carbonyl (C=O) groups excluding carboxylic acids is 3. The Morgan fingerprint density at radius 1 is 0.927 bits per heavy atom. The van der Waals surface area contributed by atoms with Crippen LogP contribution in [0.2, 0.25) is 0 Å². The van der Waals surface area contributed by atoms with E-state index in [1.54, 1.807) is 25.7 Å². The minimum absolute atomic E-state index is 0.119. The molecule has 0 aliphatic heterocycles. The molecule has 0 saturated heterocycles. The van der Waals surface area contributed by atoms with E-state index in [1.807, 2.05) is 95.3 Å². The molecule has 2 atom stereocenters. The molecule has 0 heterocycles. The number of rotatable bonds is 10. The summed E-state index contributed by atoms with van der Waals surface area (Å²) in [5, 5.41) is 7.95. The average Bonchev–Trinajstić information content (AvgIpc) is 2.87. The van der Waals surface area contributed by atoms with Crippen molar-refractivity contribution in [3.8, 4) is 0 Å². The van der Waals surface area contributed by atoms with Crippen LogP contribution in [0.5, 0.6) is 0 Å². The van der Waals surface area contributed by atoms with E-state index < -0.39 is 23.8 Å². The van der Waals surface area contributed by atoms with Crippen molar-refractivity contribution in [3.63, 3.8) is 0 Å². The van der Waals surface area contributed by atoms with Crippen LogP contribution in [0.15, 0.2) is 60.7 Å². The highest BCUT2D eigenvalue weighted by molar-refractivity contribution is 6.00. The molecule has 7 nitrogen and oxygen atoms in total. The summed E-state index contributed by atoms with van der Waals surface area (Å²) in [6.45, 7) is 15.6. The van der Waals surface area contributed by atoms with Crippen LogP contribution in [-0.4, -0.2) is 41.0 Å². The second kappa shape index (κ2) is 13.7. The molecule has 0 radical (unpaired) electrons. The Balaban J connectivity index is 2.04. The first-order valence-corrected chi connectivity index (χ1v) is 14.5. The summed E-state index contributed by atoms with van der Waals surface area (Å²) in [6, 6.07) is 17.9. The number of anilines is 1. The summed E-state index contributed by atoms with van der Waals surface area (Å²) >= 11 is 0. The zero-order valence-corrected chi connectivity index (χ0v) is 25.7. The van der Waals surface area contributed by atoms with Gasteiger partial charge in [-0.15, -0.1) is 0 Å². The third-order valence-corrected chi connectivity index (χ3v) is 6.74. The summed E-state index contributed by atoms with van der Waals surface area (Å²) in [6.07, 6.45) is 0.387. The number of hydrogen-bond acceptors (Lipinski definition) is 4. The number of aryl methyl sites for hydroxylation is 2. The molecular weight excluding hydrogens is 514 g/mol. The van der Waals surface area contributed by atoms with Crippen molar-refractivity contribution < 1.29 is 19.1 Å². The molecule has 0 aliphatic carbocycles. The predicted molar refractivity (Wildman–Crippen MR) is 166 cm³/mol. The smallest absolute Gasteiger partial charge is 0.408 e. The molecule has 0 fully saturated rings. The van der Waals surface area contributed by atoms with Gasteiger partial charge >= 0.3 is 6.09 Å². The third-order valence-electron chi connectivity index (χ3n) is 6.74. The fraction of sp³-hybridized carbons (Fsp3) is 0.441. The number of ether oxygens (including phenoxy) is 1. The highest BCUT2D eigenvalue weighted by Gasteiger charge is 2.37. The first kappa shape index (κ1) is 31.7. The number of benzene rings is 3. The lowest BCUT2D eigenvalue weighted by atomic mass is 9.95. The number of hydrogen-bond donors (Lipinski definition) is 2. The van der Waals surface area contributed by atoms with E-state index in [0.29, 0.717) is 25.1 Å². The summed E-state index contributed by atoms with van der Waals surface area (Å²) in [5.41, 5.74) is 2.67. The minimum atomic E-state index is -0.899. The number of fused-ring (bicyclic) bond motifs is 1. The second-order valence-corrected chi connectivity index (χ2v) is 12.2. The number of amides is 3. The van der Waals surface area contributed by atoms with E-state index >= 15 is 0 Å². The number of nitrogens with zero attached hydrogens (tertiary/aromatic N) is 1. The van der Waals surface area contributed by atoms with Crippen molar-refractivity contribution in [1.29, 1.82) is 0 Å². The normalized spacial score (nSPS) is 13.0. The van der Waals surface area contributed by atoms with Crippen molar-refractivity contribution in [2.75, 3.05) is 11.9 Å². The number of nitrogens with one attached hydrogen (secondary N) is 2. The van der Waals surface area contributed by atoms with E-state index in [-0.39, 0.29) is 17.7 Å². The quantitative estimate of drug-likeness (QED) is 0.273. The fourth-order valence-electron chi connectivity index (χ4n) is 5.01. The van der Waals surface area contributed by atoms with Crippen LogP contribution in [0.3, 0.4) is 0 Å². The van der Waals surface area contributed by atoms with Gasteiger partial charge in [0.15, 0.2) is 0 Å². The van der Waals surface area contributed by atoms with Gasteiger partial charge in [-0.3, -0.25) is 9.59 Å². The molecule has 3 aromatic carbocycles. The first-order valence-electron chi connectivity index (χ1n) is 14.5. The lowest BCUT2D eigenvalue weighted by molar-refractivity contribution is -0.141. The molecule has 2 N–H and O–H groups in total. The van der Waals surface area contributed by atoms with Crippen LogP contribution in [0.4, 0.5) is 10.5 Å². The average molecular weight is 560 g/mol. The largest absolute Gasteiger partial charge is 0.444 e. The Morgan fingerprint density at radius 3 is 2.22 bits per heavy atom. The van der Waals surface area contributed by atoms with Crippen LogP contribution in [-0.2, 0) is 14.3 Å². The highest BCUT2D eigenvalue weighted by atomic mass is 16.6. The maximum atomic E-state index is 14.3. The summed E-state index contributed by atoms with van der Waals surface area (Å²) in [4.78, 5) is 42.8. The Labute approximate surface area is 244 Å². The second-order valence-electron chi connectivity index (χ2n) is 12.2. The Hall–Kier alpha value is -3.87. The molecule has 220 valence electrons. The van der Waals surface area contributed by atoms with Crippen LogP contribution in [0.25, 0.3) is 10.8 Å². The molecule has 0 spiro atoms. The molecule has 7 heteroatoms. The first-order chi connectivity index (χ1) is 19.3. The van der Waals surface area contributed by atoms with Gasteiger partial charge in [-0.2, -0.15) is 0 Å². The standard InChI is InChI=1S/C34H45N3O4/c1-9-18-37(32(39)29(19-22(2)3)36-33(40)41-34(6,7)8)30(28-17-14-23(4)20-24(28)5)31(38)35-27-16-15-25-12-10-11-13-26(25)21-27/h10-17,20-22,29-30H,9,18-19H2,1-8H3,(H,35,38)(H,36,40). The van der Waals surface area contributed by atoms with Crippen LogP contribution >= 0.6 is 0 Å². The molecule has 3 aromatic rings. The molecule has 3 amide bonds. The van der Waals surface area contributed by atoms with Gasteiger partial charge < -0.3 is 20.3 Å². The maximum absolute atomic E-state index is 14.3. The monoisotopic (exact) mass is 559 g/mol. The van der Waals surface area contributed by atoms with Gasteiger partial charge in [0.1, 0.15) is 17.7 Å². The summed E-state index contributed by atoms with van der Waals surface area (Å²) in [7, 11) is 0. The zero-order valence-electron chi connectivity index (χ0n) is 25.7. The van der Waals surface area contributed by atoms with Crippen LogP contribution < -0.4 is 10.6 Å². The Kier molecular flexibility index (Phi) is 10.5. The molecular formula is C34H45N3O4. The molecule has 0 aliphatic rings. The Bertz CT molecular complexity index is 1380. The minimum Gasteiger partial charge on any atom is -0.444 e. The van der Waals surface area contributed by atoms with Gasteiger partial charge in [-0.1, -0.05) is 74.9 Å². The van der Waals surface area contributed by atoms with Gasteiger partial charge in [-0.25, -0.2) is 4.79 Å².